The van der Waals surface area contributed by atoms with Crippen molar-refractivity contribution in [2.24, 2.45) is 0 Å². The Morgan fingerprint density at radius 3 is 2.77 bits per heavy atom. The third-order valence-electron chi connectivity index (χ3n) is 5.21. The van der Waals surface area contributed by atoms with Gasteiger partial charge in [-0.2, -0.15) is 0 Å². The summed E-state index contributed by atoms with van der Waals surface area (Å²) in [5.41, 5.74) is 0.677. The van der Waals surface area contributed by atoms with Gasteiger partial charge in [0, 0.05) is 50.0 Å². The molecule has 1 aromatic carbocycles. The molecule has 30 heavy (non-hydrogen) atoms. The Balaban J connectivity index is 1.55. The van der Waals surface area contributed by atoms with E-state index in [1.807, 2.05) is 23.4 Å². The van der Waals surface area contributed by atoms with Gasteiger partial charge in [-0.05, 0) is 57.2 Å². The van der Waals surface area contributed by atoms with Crippen molar-refractivity contribution in [1.82, 2.24) is 20.1 Å². The predicted molar refractivity (Wildman–Crippen MR) is 117 cm³/mol. The molecule has 1 aliphatic heterocycles. The fourth-order valence-electron chi connectivity index (χ4n) is 3.71. The number of benzene rings is 1. The van der Waals surface area contributed by atoms with Crippen LogP contribution in [0.4, 0.5) is 4.79 Å². The number of rotatable bonds is 4. The van der Waals surface area contributed by atoms with Crippen molar-refractivity contribution >= 4 is 22.8 Å². The van der Waals surface area contributed by atoms with Gasteiger partial charge in [0.2, 0.25) is 5.91 Å². The van der Waals surface area contributed by atoms with E-state index in [4.69, 9.17) is 4.74 Å². The van der Waals surface area contributed by atoms with E-state index in [1.165, 1.54) is 10.9 Å². The Kier molecular flexibility index (Phi) is 6.92. The molecule has 7 nitrogen and oxygen atoms in total. The first kappa shape index (κ1) is 22.0. The summed E-state index contributed by atoms with van der Waals surface area (Å²) >= 11 is 0. The maximum atomic E-state index is 12.6. The number of ether oxygens (including phenoxy) is 1. The van der Waals surface area contributed by atoms with Crippen LogP contribution in [0.25, 0.3) is 10.8 Å². The molecule has 1 aliphatic rings. The van der Waals surface area contributed by atoms with Crippen LogP contribution in [-0.4, -0.2) is 64.6 Å². The fourth-order valence-corrected chi connectivity index (χ4v) is 3.71. The van der Waals surface area contributed by atoms with Crippen LogP contribution < -0.4 is 5.32 Å². The number of aromatic nitrogens is 1. The Morgan fingerprint density at radius 2 is 2.00 bits per heavy atom. The lowest BCUT2D eigenvalue weighted by molar-refractivity contribution is -0.130. The zero-order chi connectivity index (χ0) is 21.7. The predicted octanol–water partition coefficient (Wildman–Crippen LogP) is 3.18. The molecule has 0 bridgehead atoms. The molecule has 7 heteroatoms. The second-order valence-electron chi connectivity index (χ2n) is 8.93. The topological polar surface area (TPSA) is 74.8 Å². The van der Waals surface area contributed by atoms with Crippen molar-refractivity contribution in [3.63, 3.8) is 0 Å². The maximum absolute atomic E-state index is 12.6. The zero-order valence-corrected chi connectivity index (χ0v) is 18.4. The molecule has 3 rings (SSSR count). The molecule has 1 aromatic heterocycles. The summed E-state index contributed by atoms with van der Waals surface area (Å²) in [5.74, 6) is -0.0761. The first-order valence-electron chi connectivity index (χ1n) is 10.5. The van der Waals surface area contributed by atoms with Gasteiger partial charge in [-0.25, -0.2) is 4.79 Å². The molecular weight excluding hydrogens is 380 g/mol. The van der Waals surface area contributed by atoms with Gasteiger partial charge in [0.25, 0.3) is 0 Å². The Labute approximate surface area is 178 Å². The summed E-state index contributed by atoms with van der Waals surface area (Å²) in [6, 6.07) is 8.73. The lowest BCUT2D eigenvalue weighted by atomic mass is 10.1. The summed E-state index contributed by atoms with van der Waals surface area (Å²) in [4.78, 5) is 32.8. The second-order valence-corrected chi connectivity index (χ2v) is 8.93. The highest BCUT2D eigenvalue weighted by atomic mass is 16.6. The number of amides is 2. The van der Waals surface area contributed by atoms with E-state index >= 15 is 0 Å². The van der Waals surface area contributed by atoms with Gasteiger partial charge < -0.3 is 15.0 Å². The minimum absolute atomic E-state index is 0.0413. The maximum Gasteiger partial charge on any atom is 0.408 e. The zero-order valence-electron chi connectivity index (χ0n) is 18.4. The van der Waals surface area contributed by atoms with Crippen LogP contribution >= 0.6 is 0 Å². The first-order chi connectivity index (χ1) is 14.2. The van der Waals surface area contributed by atoms with E-state index in [0.717, 1.165) is 24.9 Å². The first-order valence-corrected chi connectivity index (χ1v) is 10.5. The van der Waals surface area contributed by atoms with E-state index in [2.05, 4.69) is 40.3 Å². The smallest absolute Gasteiger partial charge is 0.408 e. The number of nitrogens with one attached hydrogen (secondary N) is 1. The minimum Gasteiger partial charge on any atom is -0.444 e. The molecule has 0 saturated carbocycles. The summed E-state index contributed by atoms with van der Waals surface area (Å²) < 4.78 is 5.20. The average molecular weight is 413 g/mol. The number of carbonyl (C=O) groups is 2. The molecule has 1 N–H and O–H groups in total. The van der Waals surface area contributed by atoms with Crippen molar-refractivity contribution in [3.05, 3.63) is 42.2 Å². The SMILES string of the molecule is C[C@H]1CN(C(=O)CNC(=O)OC(C)(C)C)CCCN1Cc1ccc2cnccc2c1. The van der Waals surface area contributed by atoms with Crippen molar-refractivity contribution in [3.8, 4) is 0 Å². The van der Waals surface area contributed by atoms with Gasteiger partial charge in [0.05, 0.1) is 0 Å². The van der Waals surface area contributed by atoms with Gasteiger partial charge in [-0.15, -0.1) is 0 Å². The molecule has 1 fully saturated rings. The number of hydrogen-bond acceptors (Lipinski definition) is 5. The van der Waals surface area contributed by atoms with Crippen molar-refractivity contribution in [2.75, 3.05) is 26.2 Å². The normalized spacial score (nSPS) is 18.1. The van der Waals surface area contributed by atoms with Gasteiger partial charge in [-0.1, -0.05) is 12.1 Å². The van der Waals surface area contributed by atoms with Gasteiger partial charge in [-0.3, -0.25) is 14.7 Å². The largest absolute Gasteiger partial charge is 0.444 e. The van der Waals surface area contributed by atoms with E-state index in [1.54, 1.807) is 20.8 Å². The molecule has 2 heterocycles. The number of carbonyl (C=O) groups excluding carboxylic acids is 2. The van der Waals surface area contributed by atoms with Crippen molar-refractivity contribution in [1.29, 1.82) is 0 Å². The highest BCUT2D eigenvalue weighted by molar-refractivity contribution is 5.83. The van der Waals surface area contributed by atoms with Crippen LogP contribution in [0.1, 0.15) is 39.7 Å². The lowest BCUT2D eigenvalue weighted by Crippen LogP contribution is -2.45. The molecule has 2 amide bonds. The molecule has 162 valence electrons. The molecule has 2 aromatic rings. The Bertz CT molecular complexity index is 893. The molecule has 0 radical (unpaired) electrons. The van der Waals surface area contributed by atoms with Crippen LogP contribution in [-0.2, 0) is 16.1 Å². The van der Waals surface area contributed by atoms with Crippen LogP contribution in [0.2, 0.25) is 0 Å². The number of fused-ring (bicyclic) bond motifs is 1. The second kappa shape index (κ2) is 9.43. The number of pyridine rings is 1. The molecule has 0 spiro atoms. The van der Waals surface area contributed by atoms with Crippen molar-refractivity contribution in [2.45, 2.75) is 52.3 Å². The number of hydrogen-bond donors (Lipinski definition) is 1. The minimum atomic E-state index is -0.579. The summed E-state index contributed by atoms with van der Waals surface area (Å²) in [6.07, 6.45) is 4.03. The third-order valence-corrected chi connectivity index (χ3v) is 5.21. The Hall–Kier alpha value is -2.67. The van der Waals surface area contributed by atoms with E-state index in [9.17, 15) is 9.59 Å². The quantitative estimate of drug-likeness (QED) is 0.835. The van der Waals surface area contributed by atoms with E-state index in [0.29, 0.717) is 13.1 Å². The Morgan fingerprint density at radius 1 is 1.20 bits per heavy atom. The van der Waals surface area contributed by atoms with Gasteiger partial charge in [0.1, 0.15) is 12.1 Å². The molecule has 1 atom stereocenters. The third kappa shape index (κ3) is 6.16. The molecular formula is C23H32N4O3. The summed E-state index contributed by atoms with van der Waals surface area (Å²) in [5, 5.41) is 4.90. The van der Waals surface area contributed by atoms with E-state index < -0.39 is 11.7 Å². The van der Waals surface area contributed by atoms with Crippen molar-refractivity contribution < 1.29 is 14.3 Å². The van der Waals surface area contributed by atoms with Crippen LogP contribution in [0.5, 0.6) is 0 Å². The van der Waals surface area contributed by atoms with Crippen LogP contribution in [0.3, 0.4) is 0 Å². The number of alkyl carbamates (subject to hydrolysis) is 1. The molecule has 1 saturated heterocycles. The lowest BCUT2D eigenvalue weighted by Gasteiger charge is -2.29. The van der Waals surface area contributed by atoms with E-state index in [-0.39, 0.29) is 18.5 Å². The fraction of sp³-hybridized carbons (Fsp3) is 0.522. The van der Waals surface area contributed by atoms with Crippen LogP contribution in [0.15, 0.2) is 36.7 Å². The standard InChI is InChI=1S/C23H32N4O3/c1-17-15-27(21(28)14-25-22(29)30-23(2,3)4)11-5-10-26(17)16-18-6-7-20-13-24-9-8-19(20)12-18/h6-9,12-13,17H,5,10-11,14-16H2,1-4H3,(H,25,29)/t17-/m0/s1. The van der Waals surface area contributed by atoms with Gasteiger partial charge in [0.15, 0.2) is 0 Å². The van der Waals surface area contributed by atoms with Crippen LogP contribution in [0, 0.1) is 0 Å². The summed E-state index contributed by atoms with van der Waals surface area (Å²) in [6.45, 7) is 10.6. The highest BCUT2D eigenvalue weighted by Crippen LogP contribution is 2.19. The number of nitrogens with zero attached hydrogens (tertiary/aromatic N) is 3. The molecule has 0 unspecified atom stereocenters. The van der Waals surface area contributed by atoms with Gasteiger partial charge >= 0.3 is 6.09 Å². The highest BCUT2D eigenvalue weighted by Gasteiger charge is 2.25. The average Bonchev–Trinajstić information content (AvgIpc) is 2.86. The summed E-state index contributed by atoms with van der Waals surface area (Å²) in [7, 11) is 0. The molecule has 0 aliphatic carbocycles. The monoisotopic (exact) mass is 412 g/mol.